The van der Waals surface area contributed by atoms with Gasteiger partial charge < -0.3 is 20.3 Å². The molecule has 2 amide bonds. The van der Waals surface area contributed by atoms with Crippen LogP contribution in [0.4, 0.5) is 4.79 Å². The number of carbonyl (C=O) groups is 1. The number of hydrogen-bond acceptors (Lipinski definition) is 3. The van der Waals surface area contributed by atoms with E-state index in [9.17, 15) is 4.79 Å². The third kappa shape index (κ3) is 6.03. The molecule has 0 radical (unpaired) electrons. The van der Waals surface area contributed by atoms with Crippen LogP contribution in [0.15, 0.2) is 30.3 Å². The SMILES string of the molecule is COCCN1CCC(CNC(=O)NCc2ccccc2)CC1. The summed E-state index contributed by atoms with van der Waals surface area (Å²) in [5, 5.41) is 5.89. The third-order valence-electron chi connectivity index (χ3n) is 4.17. The van der Waals surface area contributed by atoms with E-state index >= 15 is 0 Å². The van der Waals surface area contributed by atoms with E-state index < -0.39 is 0 Å². The summed E-state index contributed by atoms with van der Waals surface area (Å²) < 4.78 is 5.11. The molecule has 122 valence electrons. The molecular formula is C17H27N3O2. The maximum atomic E-state index is 11.8. The van der Waals surface area contributed by atoms with Gasteiger partial charge in [-0.15, -0.1) is 0 Å². The van der Waals surface area contributed by atoms with Crippen molar-refractivity contribution in [1.82, 2.24) is 15.5 Å². The average Bonchev–Trinajstić information content (AvgIpc) is 2.58. The van der Waals surface area contributed by atoms with Crippen LogP contribution in [-0.4, -0.2) is 50.8 Å². The fraction of sp³-hybridized carbons (Fsp3) is 0.588. The summed E-state index contributed by atoms with van der Waals surface area (Å²) >= 11 is 0. The molecule has 0 unspecified atom stereocenters. The molecule has 1 aliphatic heterocycles. The zero-order valence-electron chi connectivity index (χ0n) is 13.4. The smallest absolute Gasteiger partial charge is 0.315 e. The fourth-order valence-corrected chi connectivity index (χ4v) is 2.71. The molecule has 1 aromatic carbocycles. The maximum absolute atomic E-state index is 11.8. The molecular weight excluding hydrogens is 278 g/mol. The summed E-state index contributed by atoms with van der Waals surface area (Å²) in [7, 11) is 1.74. The molecule has 1 heterocycles. The molecule has 2 rings (SSSR count). The molecule has 0 bridgehead atoms. The highest BCUT2D eigenvalue weighted by Gasteiger charge is 2.19. The number of piperidine rings is 1. The number of likely N-dealkylation sites (tertiary alicyclic amines) is 1. The third-order valence-corrected chi connectivity index (χ3v) is 4.17. The summed E-state index contributed by atoms with van der Waals surface area (Å²) in [6.07, 6.45) is 2.28. The van der Waals surface area contributed by atoms with E-state index in [0.717, 1.165) is 51.2 Å². The van der Waals surface area contributed by atoms with Crippen LogP contribution in [0.2, 0.25) is 0 Å². The molecule has 1 fully saturated rings. The van der Waals surface area contributed by atoms with Crippen molar-refractivity contribution in [3.05, 3.63) is 35.9 Å². The van der Waals surface area contributed by atoms with Crippen molar-refractivity contribution in [1.29, 1.82) is 0 Å². The van der Waals surface area contributed by atoms with Gasteiger partial charge in [-0.05, 0) is 37.4 Å². The van der Waals surface area contributed by atoms with Crippen molar-refractivity contribution in [2.45, 2.75) is 19.4 Å². The number of rotatable bonds is 7. The summed E-state index contributed by atoms with van der Waals surface area (Å²) in [5.41, 5.74) is 1.11. The highest BCUT2D eigenvalue weighted by atomic mass is 16.5. The van der Waals surface area contributed by atoms with E-state index in [2.05, 4.69) is 15.5 Å². The first-order valence-electron chi connectivity index (χ1n) is 8.05. The van der Waals surface area contributed by atoms with Crippen LogP contribution in [0.25, 0.3) is 0 Å². The maximum Gasteiger partial charge on any atom is 0.315 e. The number of methoxy groups -OCH3 is 1. The van der Waals surface area contributed by atoms with Gasteiger partial charge >= 0.3 is 6.03 Å². The molecule has 22 heavy (non-hydrogen) atoms. The van der Waals surface area contributed by atoms with Crippen molar-refractivity contribution in [3.8, 4) is 0 Å². The second-order valence-corrected chi connectivity index (χ2v) is 5.83. The van der Waals surface area contributed by atoms with Crippen LogP contribution < -0.4 is 10.6 Å². The Morgan fingerprint density at radius 3 is 2.64 bits per heavy atom. The van der Waals surface area contributed by atoms with Gasteiger partial charge in [0.15, 0.2) is 0 Å². The van der Waals surface area contributed by atoms with Crippen LogP contribution in [0.3, 0.4) is 0 Å². The molecule has 2 N–H and O–H groups in total. The van der Waals surface area contributed by atoms with Crippen LogP contribution in [0.1, 0.15) is 18.4 Å². The normalized spacial score (nSPS) is 16.4. The number of nitrogens with zero attached hydrogens (tertiary/aromatic N) is 1. The van der Waals surface area contributed by atoms with Gasteiger partial charge in [-0.25, -0.2) is 4.79 Å². The van der Waals surface area contributed by atoms with Gasteiger partial charge in [0, 0.05) is 26.7 Å². The highest BCUT2D eigenvalue weighted by Crippen LogP contribution is 2.15. The van der Waals surface area contributed by atoms with Gasteiger partial charge in [-0.1, -0.05) is 30.3 Å². The summed E-state index contributed by atoms with van der Waals surface area (Å²) in [4.78, 5) is 14.2. The van der Waals surface area contributed by atoms with E-state index in [1.807, 2.05) is 30.3 Å². The fourth-order valence-electron chi connectivity index (χ4n) is 2.71. The Morgan fingerprint density at radius 1 is 1.23 bits per heavy atom. The van der Waals surface area contributed by atoms with Crippen molar-refractivity contribution >= 4 is 6.03 Å². The largest absolute Gasteiger partial charge is 0.383 e. The molecule has 0 aromatic heterocycles. The minimum Gasteiger partial charge on any atom is -0.383 e. The van der Waals surface area contributed by atoms with E-state index in [1.165, 1.54) is 0 Å². The molecule has 0 spiro atoms. The predicted octanol–water partition coefficient (Wildman–Crippen LogP) is 1.84. The average molecular weight is 305 g/mol. The van der Waals surface area contributed by atoms with Gasteiger partial charge in [0.25, 0.3) is 0 Å². The summed E-state index contributed by atoms with van der Waals surface area (Å²) in [5.74, 6) is 0.585. The molecule has 1 saturated heterocycles. The number of nitrogens with one attached hydrogen (secondary N) is 2. The van der Waals surface area contributed by atoms with E-state index in [-0.39, 0.29) is 6.03 Å². The zero-order chi connectivity index (χ0) is 15.6. The van der Waals surface area contributed by atoms with Gasteiger partial charge in [0.1, 0.15) is 0 Å². The lowest BCUT2D eigenvalue weighted by Crippen LogP contribution is -2.42. The van der Waals surface area contributed by atoms with E-state index in [0.29, 0.717) is 12.5 Å². The number of ether oxygens (including phenoxy) is 1. The van der Waals surface area contributed by atoms with Crippen LogP contribution in [0, 0.1) is 5.92 Å². The van der Waals surface area contributed by atoms with Gasteiger partial charge in [-0.2, -0.15) is 0 Å². The van der Waals surface area contributed by atoms with E-state index in [4.69, 9.17) is 4.74 Å². The standard InChI is InChI=1S/C17H27N3O2/c1-22-12-11-20-9-7-16(8-10-20)14-19-17(21)18-13-15-5-3-2-4-6-15/h2-6,16H,7-14H2,1H3,(H2,18,19,21). The molecule has 5 nitrogen and oxygen atoms in total. The molecule has 0 aliphatic carbocycles. The topological polar surface area (TPSA) is 53.6 Å². The van der Waals surface area contributed by atoms with Gasteiger partial charge in [-0.3, -0.25) is 0 Å². The van der Waals surface area contributed by atoms with Crippen LogP contribution in [0.5, 0.6) is 0 Å². The van der Waals surface area contributed by atoms with Crippen molar-refractivity contribution < 1.29 is 9.53 Å². The molecule has 1 aromatic rings. The second-order valence-electron chi connectivity index (χ2n) is 5.83. The quantitative estimate of drug-likeness (QED) is 0.808. The number of urea groups is 1. The first kappa shape index (κ1) is 16.8. The summed E-state index contributed by atoms with van der Waals surface area (Å²) in [6.45, 7) is 5.34. The lowest BCUT2D eigenvalue weighted by atomic mass is 9.97. The Morgan fingerprint density at radius 2 is 1.95 bits per heavy atom. The molecule has 0 saturated carbocycles. The summed E-state index contributed by atoms with van der Waals surface area (Å²) in [6, 6.07) is 9.87. The minimum atomic E-state index is -0.0781. The Kier molecular flexibility index (Phi) is 7.19. The molecule has 1 aliphatic rings. The molecule has 0 atom stereocenters. The first-order chi connectivity index (χ1) is 10.8. The van der Waals surface area contributed by atoms with E-state index in [1.54, 1.807) is 7.11 Å². The lowest BCUT2D eigenvalue weighted by Gasteiger charge is -2.31. The highest BCUT2D eigenvalue weighted by molar-refractivity contribution is 5.73. The van der Waals surface area contributed by atoms with Gasteiger partial charge in [0.2, 0.25) is 0 Å². The minimum absolute atomic E-state index is 0.0781. The number of benzene rings is 1. The van der Waals surface area contributed by atoms with Crippen LogP contribution in [-0.2, 0) is 11.3 Å². The predicted molar refractivity (Wildman–Crippen MR) is 87.7 cm³/mol. The lowest BCUT2D eigenvalue weighted by molar-refractivity contribution is 0.120. The Bertz CT molecular complexity index is 431. The Balaban J connectivity index is 1.57. The van der Waals surface area contributed by atoms with Crippen molar-refractivity contribution in [2.75, 3.05) is 39.9 Å². The Hall–Kier alpha value is -1.59. The zero-order valence-corrected chi connectivity index (χ0v) is 13.4. The number of amides is 2. The van der Waals surface area contributed by atoms with Crippen molar-refractivity contribution in [3.63, 3.8) is 0 Å². The monoisotopic (exact) mass is 305 g/mol. The Labute approximate surface area is 133 Å². The number of hydrogen-bond donors (Lipinski definition) is 2. The number of carbonyl (C=O) groups excluding carboxylic acids is 1. The van der Waals surface area contributed by atoms with Gasteiger partial charge in [0.05, 0.1) is 6.61 Å². The van der Waals surface area contributed by atoms with Crippen molar-refractivity contribution in [2.24, 2.45) is 5.92 Å². The first-order valence-corrected chi connectivity index (χ1v) is 8.05. The second kappa shape index (κ2) is 9.43. The van der Waals surface area contributed by atoms with Crippen LogP contribution >= 0.6 is 0 Å². The molecule has 5 heteroatoms.